The second-order valence-corrected chi connectivity index (χ2v) is 3.88. The van der Waals surface area contributed by atoms with Crippen molar-refractivity contribution < 1.29 is 22.6 Å². The van der Waals surface area contributed by atoms with Crippen LogP contribution in [-0.2, 0) is 4.74 Å². The summed E-state index contributed by atoms with van der Waals surface area (Å²) in [6.45, 7) is -5.12. The van der Waals surface area contributed by atoms with Crippen molar-refractivity contribution in [1.82, 2.24) is 4.90 Å². The summed E-state index contributed by atoms with van der Waals surface area (Å²) in [6.07, 6.45) is -11.6. The normalized spacial score (nSPS) is 34.6. The molecule has 4 heteroatoms. The van der Waals surface area contributed by atoms with Crippen LogP contribution in [0.4, 0.5) is 0 Å². The zero-order chi connectivity index (χ0) is 25.0. The number of aliphatic imine (C=N–C) groups is 2. The summed E-state index contributed by atoms with van der Waals surface area (Å²) in [5.41, 5.74) is 0.385. The number of nitrogens with zero attached hydrogens (tertiary/aromatic N) is 3. The molecule has 2 heterocycles. The van der Waals surface area contributed by atoms with E-state index in [-0.39, 0.29) is 25.5 Å². The molecular formula is C15H25N3O. The molecule has 0 atom stereocenters. The fourth-order valence-electron chi connectivity index (χ4n) is 1.74. The van der Waals surface area contributed by atoms with Gasteiger partial charge in [-0.15, -0.1) is 0 Å². The summed E-state index contributed by atoms with van der Waals surface area (Å²) in [5.74, 6) is -0.464. The Morgan fingerprint density at radius 2 is 2.37 bits per heavy atom. The number of ether oxygens (including phenoxy) is 1. The molecule has 0 aromatic rings. The average molecular weight is 276 g/mol. The summed E-state index contributed by atoms with van der Waals surface area (Å²) in [4.78, 5) is 9.13. The molecule has 0 aromatic carbocycles. The summed E-state index contributed by atoms with van der Waals surface area (Å²) >= 11 is 0. The van der Waals surface area contributed by atoms with E-state index in [1.807, 2.05) is 0 Å². The third-order valence-corrected chi connectivity index (χ3v) is 2.55. The number of likely N-dealkylation sites (N-methyl/N-ethyl adjacent to an activating group) is 1. The number of hydrogen-bond acceptors (Lipinski definition) is 4. The molecule has 0 radical (unpaired) electrons. The highest BCUT2D eigenvalue weighted by Crippen LogP contribution is 2.14. The maximum absolute atomic E-state index is 8.06. The Kier molecular flexibility index (Phi) is 1.95. The number of rotatable bonds is 6. The zero-order valence-corrected chi connectivity index (χ0v) is 10.7. The minimum atomic E-state index is -3.67. The van der Waals surface area contributed by atoms with Gasteiger partial charge < -0.3 is 9.64 Å². The van der Waals surface area contributed by atoms with E-state index in [0.29, 0.717) is 12.0 Å². The molecule has 0 saturated heterocycles. The lowest BCUT2D eigenvalue weighted by Crippen LogP contribution is -2.31. The highest BCUT2D eigenvalue weighted by atomic mass is 16.5. The molecule has 2 rings (SSSR count). The third-order valence-electron chi connectivity index (χ3n) is 2.55. The predicted octanol–water partition coefficient (Wildman–Crippen LogP) is 2.66. The zero-order valence-electron chi connectivity index (χ0n) is 23.7. The van der Waals surface area contributed by atoms with E-state index in [1.165, 1.54) is 4.90 Å². The van der Waals surface area contributed by atoms with Gasteiger partial charge in [0.1, 0.15) is 12.4 Å². The van der Waals surface area contributed by atoms with Crippen molar-refractivity contribution in [2.45, 2.75) is 38.8 Å². The van der Waals surface area contributed by atoms with Crippen molar-refractivity contribution in [3.05, 3.63) is 11.6 Å². The van der Waals surface area contributed by atoms with E-state index < -0.39 is 44.9 Å². The quantitative estimate of drug-likeness (QED) is 0.748. The van der Waals surface area contributed by atoms with Gasteiger partial charge in [0.15, 0.2) is 0 Å². The van der Waals surface area contributed by atoms with Gasteiger partial charge in [0.25, 0.3) is 0 Å². The SMILES string of the molecule is [2H]C([2H])([2H])N1CCC=C(C2=NCN=C2OC([2H])([2H])C([2H])([2H])C([2H])([2H])C([2H])([2H])C([2H])([2H])C)C1. The van der Waals surface area contributed by atoms with Gasteiger partial charge in [-0.25, -0.2) is 4.99 Å². The van der Waals surface area contributed by atoms with Crippen LogP contribution < -0.4 is 0 Å². The Hall–Kier alpha value is -1.16. The molecule has 0 saturated carbocycles. The van der Waals surface area contributed by atoms with E-state index >= 15 is 0 Å². The molecule has 0 unspecified atom stereocenters. The van der Waals surface area contributed by atoms with E-state index in [9.17, 15) is 0 Å². The molecule has 4 nitrogen and oxygen atoms in total. The lowest BCUT2D eigenvalue weighted by atomic mass is 10.1. The van der Waals surface area contributed by atoms with Crippen LogP contribution in [0.5, 0.6) is 0 Å². The Balaban J connectivity index is 2.31. The smallest absolute Gasteiger partial charge is 0.237 e. The molecule has 106 valence electrons. The van der Waals surface area contributed by atoms with E-state index in [0.717, 1.165) is 6.92 Å². The lowest BCUT2D eigenvalue weighted by Gasteiger charge is -2.23. The van der Waals surface area contributed by atoms with Crippen LogP contribution in [0.3, 0.4) is 0 Å². The minimum Gasteiger partial charge on any atom is -0.476 e. The van der Waals surface area contributed by atoms with Gasteiger partial charge in [0.2, 0.25) is 5.90 Å². The molecule has 19 heavy (non-hydrogen) atoms. The summed E-state index contributed by atoms with van der Waals surface area (Å²) < 4.78 is 107. The maximum Gasteiger partial charge on any atom is 0.237 e. The van der Waals surface area contributed by atoms with Crippen LogP contribution >= 0.6 is 0 Å². The minimum absolute atomic E-state index is 0.00742. The standard InChI is InChI=1S/C15H25N3O/c1-3-4-5-6-10-19-15-14(16-12-17-15)13-8-7-9-18(2)11-13/h8H,3-7,9-12H2,1-2H3/i2D3,3D2,4D2,5D2,6D2,10D2. The first kappa shape index (κ1) is 4.99. The molecule has 2 aliphatic rings. The van der Waals surface area contributed by atoms with Gasteiger partial charge in [-0.05, 0) is 25.3 Å². The van der Waals surface area contributed by atoms with Crippen LogP contribution in [0.15, 0.2) is 21.6 Å². The van der Waals surface area contributed by atoms with Crippen LogP contribution in [0, 0.1) is 0 Å². The van der Waals surface area contributed by atoms with Gasteiger partial charge in [0.05, 0.1) is 9.30 Å². The van der Waals surface area contributed by atoms with Gasteiger partial charge >= 0.3 is 0 Å². The van der Waals surface area contributed by atoms with Crippen molar-refractivity contribution in [2.24, 2.45) is 9.98 Å². The summed E-state index contributed by atoms with van der Waals surface area (Å²) in [5, 5.41) is 0. The van der Waals surface area contributed by atoms with E-state index in [2.05, 4.69) is 9.98 Å². The van der Waals surface area contributed by atoms with E-state index in [4.69, 9.17) is 22.6 Å². The van der Waals surface area contributed by atoms with Crippen molar-refractivity contribution in [1.29, 1.82) is 0 Å². The molecule has 0 fully saturated rings. The Labute approximate surface area is 134 Å². The van der Waals surface area contributed by atoms with Crippen molar-refractivity contribution >= 4 is 11.6 Å². The summed E-state index contributed by atoms with van der Waals surface area (Å²) in [7, 11) is 0. The third kappa shape index (κ3) is 4.16. The lowest BCUT2D eigenvalue weighted by molar-refractivity contribution is 0.298. The molecule has 0 aliphatic carbocycles. The highest BCUT2D eigenvalue weighted by Gasteiger charge is 2.22. The van der Waals surface area contributed by atoms with Crippen LogP contribution in [0.25, 0.3) is 0 Å². The van der Waals surface area contributed by atoms with Crippen LogP contribution in [0.2, 0.25) is 0 Å². The maximum atomic E-state index is 8.06. The average Bonchev–Trinajstić information content (AvgIpc) is 3.07. The largest absolute Gasteiger partial charge is 0.476 e. The predicted molar refractivity (Wildman–Crippen MR) is 80.0 cm³/mol. The molecule has 2 aliphatic heterocycles. The molecule has 0 spiro atoms. The Morgan fingerprint density at radius 1 is 1.42 bits per heavy atom. The Bertz CT molecular complexity index is 823. The van der Waals surface area contributed by atoms with Crippen LogP contribution in [0.1, 0.15) is 56.7 Å². The first-order valence-corrected chi connectivity index (χ1v) is 5.89. The van der Waals surface area contributed by atoms with Crippen molar-refractivity contribution in [3.8, 4) is 0 Å². The first-order valence-electron chi connectivity index (χ1n) is 12.4. The van der Waals surface area contributed by atoms with E-state index in [1.54, 1.807) is 6.08 Å². The second kappa shape index (κ2) is 7.43. The topological polar surface area (TPSA) is 37.2 Å². The Morgan fingerprint density at radius 3 is 3.21 bits per heavy atom. The first-order chi connectivity index (χ1) is 14.2. The fraction of sp³-hybridized carbons (Fsp3) is 0.733. The van der Waals surface area contributed by atoms with Gasteiger partial charge in [-0.1, -0.05) is 32.1 Å². The number of hydrogen-bond donors (Lipinski definition) is 0. The monoisotopic (exact) mass is 276 g/mol. The fourth-order valence-corrected chi connectivity index (χ4v) is 1.74. The molecule has 0 amide bonds. The second-order valence-electron chi connectivity index (χ2n) is 3.88. The van der Waals surface area contributed by atoms with Gasteiger partial charge in [0, 0.05) is 28.2 Å². The highest BCUT2D eigenvalue weighted by molar-refractivity contribution is 6.46. The molecule has 0 bridgehead atoms. The van der Waals surface area contributed by atoms with Crippen molar-refractivity contribution in [3.63, 3.8) is 0 Å². The van der Waals surface area contributed by atoms with Crippen LogP contribution in [-0.4, -0.2) is 49.8 Å². The summed E-state index contributed by atoms with van der Waals surface area (Å²) in [6, 6.07) is 0. The molecular weight excluding hydrogens is 238 g/mol. The molecule has 0 aromatic heterocycles. The van der Waals surface area contributed by atoms with Gasteiger partial charge in [-0.3, -0.25) is 4.99 Å². The van der Waals surface area contributed by atoms with Crippen molar-refractivity contribution in [2.75, 3.05) is 33.3 Å². The molecule has 0 N–H and O–H groups in total. The van der Waals surface area contributed by atoms with Gasteiger partial charge in [-0.2, -0.15) is 0 Å².